The van der Waals surface area contributed by atoms with Crippen molar-refractivity contribution in [1.29, 1.82) is 0 Å². The molecule has 0 bridgehead atoms. The number of carbonyl (C=O) groups excluding carboxylic acids is 2. The number of alkyl halides is 6. The van der Waals surface area contributed by atoms with Crippen molar-refractivity contribution in [3.05, 3.63) is 102 Å². The van der Waals surface area contributed by atoms with Gasteiger partial charge in [-0.05, 0) is 60.2 Å². The van der Waals surface area contributed by atoms with Gasteiger partial charge in [0.15, 0.2) is 5.76 Å². The molecule has 0 unspecified atom stereocenters. The lowest BCUT2D eigenvalue weighted by Crippen LogP contribution is -2.28. The number of rotatable bonds is 8. The molecular weight excluding hydrogens is 606 g/mol. The fraction of sp³-hybridized carbons (Fsp3) is 0.0714. The van der Waals surface area contributed by atoms with E-state index in [9.17, 15) is 44.7 Å². The van der Waals surface area contributed by atoms with E-state index in [0.29, 0.717) is 5.69 Å². The molecule has 228 valence electrons. The molecule has 0 spiro atoms. The largest absolute Gasteiger partial charge is 0.491 e. The highest BCUT2D eigenvalue weighted by Crippen LogP contribution is 2.35. The number of ether oxygens (including phenoxy) is 1. The zero-order valence-corrected chi connectivity index (χ0v) is 21.8. The summed E-state index contributed by atoms with van der Waals surface area (Å²) in [6.07, 6.45) is -8.77. The lowest BCUT2D eigenvalue weighted by molar-refractivity contribution is -0.195. The maximum atomic E-state index is 14.9. The van der Waals surface area contributed by atoms with Crippen molar-refractivity contribution in [2.24, 2.45) is 0 Å². The SMILES string of the molecule is C=C(OC(=O)C(F)(F)F)C(=O)Nc1ccc(F)c(Nc2nc(Nc3ccc(F)cc3)ncc2-c2ccc(C(F)(F)F)cc2)c1. The maximum absolute atomic E-state index is 14.9. The van der Waals surface area contributed by atoms with Crippen LogP contribution in [-0.4, -0.2) is 28.0 Å². The Labute approximate surface area is 242 Å². The van der Waals surface area contributed by atoms with Crippen molar-refractivity contribution in [2.45, 2.75) is 12.4 Å². The molecule has 1 amide bonds. The average molecular weight is 623 g/mol. The molecule has 0 aliphatic heterocycles. The standard InChI is InChI=1S/C28H17F8N5O3/c1-14(44-25(43)28(34,35)36)24(42)38-19-10-11-21(30)22(12-19)40-23-20(15-2-4-16(5-3-15)27(31,32)33)13-37-26(41-23)39-18-8-6-17(29)7-9-18/h2-13H,1H2,(H,38,42)(H2,37,39,40,41). The van der Waals surface area contributed by atoms with Crippen LogP contribution in [-0.2, 0) is 20.5 Å². The molecule has 0 aliphatic rings. The van der Waals surface area contributed by atoms with Gasteiger partial charge in [0.1, 0.15) is 17.5 Å². The molecule has 0 fully saturated rings. The van der Waals surface area contributed by atoms with Crippen LogP contribution < -0.4 is 16.0 Å². The number of hydrogen-bond donors (Lipinski definition) is 3. The number of aromatic nitrogens is 2. The fourth-order valence-electron chi connectivity index (χ4n) is 3.49. The summed E-state index contributed by atoms with van der Waals surface area (Å²) in [5.74, 6) is -6.85. The number of anilines is 5. The fourth-order valence-corrected chi connectivity index (χ4v) is 3.49. The van der Waals surface area contributed by atoms with Gasteiger partial charge in [0.05, 0.1) is 11.3 Å². The molecule has 0 atom stereocenters. The zero-order valence-electron chi connectivity index (χ0n) is 21.8. The van der Waals surface area contributed by atoms with Crippen molar-refractivity contribution in [1.82, 2.24) is 9.97 Å². The first-order valence-electron chi connectivity index (χ1n) is 12.0. The maximum Gasteiger partial charge on any atom is 0.491 e. The van der Waals surface area contributed by atoms with Crippen LogP contribution >= 0.6 is 0 Å². The van der Waals surface area contributed by atoms with Crippen LogP contribution in [0, 0.1) is 11.6 Å². The first kappa shape index (κ1) is 31.4. The van der Waals surface area contributed by atoms with E-state index in [2.05, 4.69) is 37.2 Å². The second kappa shape index (κ2) is 12.4. The summed E-state index contributed by atoms with van der Waals surface area (Å²) >= 11 is 0. The third-order valence-corrected chi connectivity index (χ3v) is 5.59. The van der Waals surface area contributed by atoms with E-state index in [1.54, 1.807) is 0 Å². The molecule has 0 saturated carbocycles. The molecule has 44 heavy (non-hydrogen) atoms. The van der Waals surface area contributed by atoms with E-state index < -0.39 is 47.2 Å². The van der Waals surface area contributed by atoms with Gasteiger partial charge in [0.2, 0.25) is 5.95 Å². The lowest BCUT2D eigenvalue weighted by Gasteiger charge is -2.16. The molecule has 3 N–H and O–H groups in total. The molecule has 4 rings (SSSR count). The quantitative estimate of drug-likeness (QED) is 0.0809. The van der Waals surface area contributed by atoms with Crippen molar-refractivity contribution in [3.63, 3.8) is 0 Å². The first-order valence-corrected chi connectivity index (χ1v) is 12.0. The van der Waals surface area contributed by atoms with Crippen LogP contribution in [0.15, 0.2) is 85.3 Å². The van der Waals surface area contributed by atoms with E-state index >= 15 is 0 Å². The minimum atomic E-state index is -5.39. The van der Waals surface area contributed by atoms with Gasteiger partial charge in [-0.3, -0.25) is 4.79 Å². The van der Waals surface area contributed by atoms with Crippen LogP contribution in [0.4, 0.5) is 64.0 Å². The molecule has 0 saturated heterocycles. The van der Waals surface area contributed by atoms with E-state index in [1.807, 2.05) is 0 Å². The Bertz CT molecular complexity index is 1710. The van der Waals surface area contributed by atoms with Crippen LogP contribution in [0.5, 0.6) is 0 Å². The molecule has 4 aromatic rings. The topological polar surface area (TPSA) is 105 Å². The third-order valence-electron chi connectivity index (χ3n) is 5.59. The van der Waals surface area contributed by atoms with Gasteiger partial charge in [0.25, 0.3) is 5.91 Å². The predicted molar refractivity (Wildman–Crippen MR) is 142 cm³/mol. The minimum Gasteiger partial charge on any atom is -0.415 e. The number of amides is 1. The van der Waals surface area contributed by atoms with Gasteiger partial charge in [-0.1, -0.05) is 18.7 Å². The average Bonchev–Trinajstić information content (AvgIpc) is 2.95. The van der Waals surface area contributed by atoms with Gasteiger partial charge in [-0.25, -0.2) is 18.6 Å². The summed E-state index contributed by atoms with van der Waals surface area (Å²) in [5.41, 5.74) is -0.783. The molecule has 8 nitrogen and oxygen atoms in total. The summed E-state index contributed by atoms with van der Waals surface area (Å²) in [6.45, 7) is 2.97. The Morgan fingerprint density at radius 1 is 0.818 bits per heavy atom. The van der Waals surface area contributed by atoms with Crippen molar-refractivity contribution in [3.8, 4) is 11.1 Å². The molecule has 0 aliphatic carbocycles. The molecule has 3 aromatic carbocycles. The highest BCUT2D eigenvalue weighted by molar-refractivity contribution is 6.03. The van der Waals surface area contributed by atoms with Crippen LogP contribution in [0.3, 0.4) is 0 Å². The van der Waals surface area contributed by atoms with Crippen molar-refractivity contribution < 1.29 is 49.4 Å². The summed E-state index contributed by atoms with van der Waals surface area (Å²) in [4.78, 5) is 31.6. The number of benzene rings is 3. The van der Waals surface area contributed by atoms with E-state index in [0.717, 1.165) is 54.6 Å². The first-order chi connectivity index (χ1) is 20.6. The van der Waals surface area contributed by atoms with Crippen LogP contribution in [0.1, 0.15) is 5.56 Å². The van der Waals surface area contributed by atoms with Gasteiger partial charge in [0, 0.05) is 23.1 Å². The minimum absolute atomic E-state index is 0.0811. The van der Waals surface area contributed by atoms with Crippen molar-refractivity contribution in [2.75, 3.05) is 16.0 Å². The highest BCUT2D eigenvalue weighted by Gasteiger charge is 2.42. The molecule has 16 heteroatoms. The molecular formula is C28H17F8N5O3. The zero-order chi connectivity index (χ0) is 32.2. The van der Waals surface area contributed by atoms with E-state index in [-0.39, 0.29) is 34.3 Å². The predicted octanol–water partition coefficient (Wildman–Crippen LogP) is 7.49. The number of carbonyl (C=O) groups is 2. The second-order valence-electron chi connectivity index (χ2n) is 8.75. The number of nitrogens with one attached hydrogen (secondary N) is 3. The third kappa shape index (κ3) is 7.84. The number of halogens is 8. The summed E-state index contributed by atoms with van der Waals surface area (Å²) in [5, 5.41) is 7.55. The Hall–Kier alpha value is -5.54. The second-order valence-corrected chi connectivity index (χ2v) is 8.75. The Kier molecular flexibility index (Phi) is 8.82. The Morgan fingerprint density at radius 2 is 1.45 bits per heavy atom. The Balaban J connectivity index is 1.65. The summed E-state index contributed by atoms with van der Waals surface area (Å²) in [7, 11) is 0. The highest BCUT2D eigenvalue weighted by atomic mass is 19.4. The van der Waals surface area contributed by atoms with Crippen LogP contribution in [0.25, 0.3) is 11.1 Å². The van der Waals surface area contributed by atoms with E-state index in [4.69, 9.17) is 0 Å². The normalized spacial score (nSPS) is 11.5. The number of esters is 1. The van der Waals surface area contributed by atoms with E-state index in [1.165, 1.54) is 18.3 Å². The van der Waals surface area contributed by atoms with Crippen molar-refractivity contribution >= 4 is 40.7 Å². The number of nitrogens with zero attached hydrogens (tertiary/aromatic N) is 2. The monoisotopic (exact) mass is 623 g/mol. The van der Waals surface area contributed by atoms with Gasteiger partial charge in [-0.2, -0.15) is 31.3 Å². The lowest BCUT2D eigenvalue weighted by atomic mass is 10.1. The van der Waals surface area contributed by atoms with Crippen LogP contribution in [0.2, 0.25) is 0 Å². The van der Waals surface area contributed by atoms with Gasteiger partial charge < -0.3 is 20.7 Å². The molecule has 0 radical (unpaired) electrons. The Morgan fingerprint density at radius 3 is 2.07 bits per heavy atom. The van der Waals surface area contributed by atoms with Gasteiger partial charge in [-0.15, -0.1) is 0 Å². The summed E-state index contributed by atoms with van der Waals surface area (Å²) in [6, 6.07) is 11.9. The molecule has 1 aromatic heterocycles. The summed E-state index contributed by atoms with van der Waals surface area (Å²) < 4.78 is 109. The smallest absolute Gasteiger partial charge is 0.415 e. The number of hydrogen-bond acceptors (Lipinski definition) is 7. The van der Waals surface area contributed by atoms with Gasteiger partial charge >= 0.3 is 18.3 Å². The molecule has 1 heterocycles.